The number of likely N-dealkylation sites (N-methyl/N-ethyl adjacent to an activating group) is 3. The van der Waals surface area contributed by atoms with E-state index in [1.807, 2.05) is 0 Å². The maximum atomic E-state index is 15.8. The Bertz CT molecular complexity index is 5110. The summed E-state index contributed by atoms with van der Waals surface area (Å²) in [4.78, 5) is 281. The molecule has 134 heavy (non-hydrogen) atoms. The van der Waals surface area contributed by atoms with Crippen molar-refractivity contribution in [1.29, 1.82) is 0 Å². The smallest absolute Gasteiger partial charge is 0.323 e. The van der Waals surface area contributed by atoms with Gasteiger partial charge >= 0.3 is 11.9 Å². The maximum Gasteiger partial charge on any atom is 0.323 e. The largest absolute Gasteiger partial charge is 0.508 e. The van der Waals surface area contributed by atoms with Crippen molar-refractivity contribution < 1.29 is 117 Å². The highest BCUT2D eigenvalue weighted by atomic mass is 32.2. The molecule has 0 spiro atoms. The molecule has 0 saturated carbocycles. The number of nitrogens with one attached hydrogen (secondary N) is 11. The summed E-state index contributed by atoms with van der Waals surface area (Å²) < 4.78 is 1.39. The standard InChI is InChI=1S/C89H124N20O24S/c1-9-11-21-67-82(126)96-57(29-30-74(116)117)78(122)103-65(77(121)94-40-72(92)114)45-134-46-73(115)95-60(33-49-25-27-52(111)28-26-49)85(129)104(6)48(5)76(120)98-62(37-71(91)113)87(131)108-31-17-24-68(108)83(127)101-63(38-90)80(124)99-59(32-47(3)4)88(132)109-42-53(112)36-70(109)84(128)97-58(34-50-39-93-56-20-15-13-18-54(50)56)79(123)102-64(44-110)81(125)100-61(86(130)106(8)69(22-12-10-2)89(133)105(67)7)35-51-41-107(43-75(118)119)66-23-16-14-19-55(51)66/h13-16,18-20,23,25-28,39,41,47-48,53,57-65,67-70,93,110-112H,9-12,17,21-22,24,29-38,40,42-46,90H2,1-8H3,(H2,91,113)(H2,92,114)(H,94,121)(H,95,115)(H,96,126)(H,97,128)(H,98,120)(H,99,124)(H,100,125)(H,101,127)(H,102,123)(H,103,122)(H,116,117)(H,118,119)/t48-,53+,57-,58-,59-,60-,61-,62+,63-,64-,65-,67-,68-,69-,70-/m0/s1. The van der Waals surface area contributed by atoms with Gasteiger partial charge in [0.15, 0.2) is 0 Å². The van der Waals surface area contributed by atoms with Crippen molar-refractivity contribution in [3.63, 3.8) is 0 Å². The summed E-state index contributed by atoms with van der Waals surface area (Å²) in [6.07, 6.45) is -1.14. The van der Waals surface area contributed by atoms with E-state index in [0.29, 0.717) is 57.5 Å². The number of carboxylic acids is 2. The first-order valence-electron chi connectivity index (χ1n) is 44.5. The number of carbonyl (C=O) groups is 19. The normalized spacial score (nSPS) is 24.9. The molecule has 0 radical (unpaired) electrons. The average molecular weight is 1890 g/mol. The number of hydrogen-bond donors (Lipinski definition) is 19. The number of carboxylic acid groups (broad SMARTS) is 2. The number of phenols is 1. The quantitative estimate of drug-likeness (QED) is 0.0253. The lowest BCUT2D eigenvalue weighted by Crippen LogP contribution is -2.62. The molecular weight excluding hydrogens is 1770 g/mol. The highest BCUT2D eigenvalue weighted by molar-refractivity contribution is 8.00. The van der Waals surface area contributed by atoms with E-state index < -0.39 is 279 Å². The van der Waals surface area contributed by atoms with Crippen molar-refractivity contribution in [2.45, 2.75) is 235 Å². The van der Waals surface area contributed by atoms with Crippen LogP contribution in [-0.2, 0) is 117 Å². The molecule has 45 heteroatoms. The lowest BCUT2D eigenvalue weighted by Gasteiger charge is -2.36. The molecule has 8 rings (SSSR count). The third kappa shape index (κ3) is 29.1. The summed E-state index contributed by atoms with van der Waals surface area (Å²) in [5, 5.41) is 79.3. The zero-order valence-electron chi connectivity index (χ0n) is 76.1. The number of aromatic hydroxyl groups is 1. The molecule has 15 atom stereocenters. The van der Waals surface area contributed by atoms with Crippen molar-refractivity contribution >= 4 is 146 Å². The number of para-hydroxylation sites is 2. The molecule has 5 aromatic rings. The molecule has 3 aliphatic rings. The predicted octanol–water partition coefficient (Wildman–Crippen LogP) is -3.78. The van der Waals surface area contributed by atoms with E-state index in [2.05, 4.69) is 58.2 Å². The summed E-state index contributed by atoms with van der Waals surface area (Å²) in [5.41, 5.74) is 19.3. The molecule has 22 N–H and O–H groups in total. The van der Waals surface area contributed by atoms with E-state index in [1.54, 1.807) is 82.4 Å². The van der Waals surface area contributed by atoms with Crippen LogP contribution in [0.5, 0.6) is 5.75 Å². The lowest BCUT2D eigenvalue weighted by atomic mass is 10.00. The molecule has 5 heterocycles. The molecule has 3 aliphatic heterocycles. The minimum Gasteiger partial charge on any atom is -0.508 e. The lowest BCUT2D eigenvalue weighted by molar-refractivity contribution is -0.149. The second-order valence-electron chi connectivity index (χ2n) is 34.2. The van der Waals surface area contributed by atoms with Gasteiger partial charge in [-0.1, -0.05) is 102 Å². The predicted molar refractivity (Wildman–Crippen MR) is 486 cm³/mol. The van der Waals surface area contributed by atoms with Crippen LogP contribution in [0.4, 0.5) is 0 Å². The van der Waals surface area contributed by atoms with Gasteiger partial charge in [-0.3, -0.25) is 91.1 Å². The number of aromatic amines is 1. The van der Waals surface area contributed by atoms with Gasteiger partial charge in [-0.15, -0.1) is 11.8 Å². The number of aromatic nitrogens is 2. The summed E-state index contributed by atoms with van der Waals surface area (Å²) in [6, 6.07) is -4.23. The molecule has 17 amide bonds. The van der Waals surface area contributed by atoms with E-state index in [1.165, 1.54) is 63.1 Å². The second-order valence-corrected chi connectivity index (χ2v) is 35.2. The Morgan fingerprint density at radius 2 is 1.12 bits per heavy atom. The van der Waals surface area contributed by atoms with Gasteiger partial charge in [-0.2, -0.15) is 0 Å². The third-order valence-corrected chi connectivity index (χ3v) is 24.8. The first-order valence-corrected chi connectivity index (χ1v) is 45.6. The minimum atomic E-state index is -1.99. The molecule has 730 valence electrons. The number of H-pyrrole nitrogens is 1. The van der Waals surface area contributed by atoms with Crippen molar-refractivity contribution in [1.82, 2.24) is 87.2 Å². The number of aliphatic carboxylic acids is 2. The Kier molecular flexibility index (Phi) is 39.6. The van der Waals surface area contributed by atoms with E-state index in [4.69, 9.17) is 17.2 Å². The number of amides is 17. The number of nitrogens with zero attached hydrogens (tertiary/aromatic N) is 6. The fraction of sp³-hybridized carbons (Fsp3) is 0.539. The number of carbonyl (C=O) groups excluding carboxylic acids is 17. The highest BCUT2D eigenvalue weighted by Gasteiger charge is 2.47. The van der Waals surface area contributed by atoms with Crippen molar-refractivity contribution in [2.24, 2.45) is 23.1 Å². The molecule has 0 unspecified atom stereocenters. The summed E-state index contributed by atoms with van der Waals surface area (Å²) in [5.74, 6) is -21.8. The number of fused-ring (bicyclic) bond motifs is 4. The van der Waals surface area contributed by atoms with Crippen LogP contribution in [0.2, 0.25) is 0 Å². The number of aliphatic hydroxyl groups excluding tert-OH is 2. The number of rotatable bonds is 26. The molecular formula is C89H124N20O24S. The first kappa shape index (κ1) is 106. The molecule has 0 bridgehead atoms. The van der Waals surface area contributed by atoms with Crippen LogP contribution in [0.3, 0.4) is 0 Å². The third-order valence-electron chi connectivity index (χ3n) is 23.7. The molecule has 3 saturated heterocycles. The van der Waals surface area contributed by atoms with Crippen molar-refractivity contribution in [3.8, 4) is 5.75 Å². The summed E-state index contributed by atoms with van der Waals surface area (Å²) >= 11 is 0.689. The van der Waals surface area contributed by atoms with Crippen LogP contribution in [0.25, 0.3) is 21.8 Å². The number of aliphatic hydroxyl groups is 2. The monoisotopic (exact) mass is 1890 g/mol. The zero-order valence-corrected chi connectivity index (χ0v) is 76.9. The zero-order chi connectivity index (χ0) is 98.6. The number of nitrogens with two attached hydrogens (primary N) is 3. The van der Waals surface area contributed by atoms with E-state index >= 15 is 33.6 Å². The Labute approximate surface area is 776 Å². The number of benzene rings is 3. The van der Waals surface area contributed by atoms with Crippen LogP contribution < -0.4 is 70.4 Å². The molecule has 3 fully saturated rings. The summed E-state index contributed by atoms with van der Waals surface area (Å²) in [6.45, 7) is 4.44. The van der Waals surface area contributed by atoms with Crippen LogP contribution in [0.1, 0.15) is 135 Å². The van der Waals surface area contributed by atoms with Gasteiger partial charge in [0.1, 0.15) is 96.9 Å². The second kappa shape index (κ2) is 50.0. The Morgan fingerprint density at radius 1 is 0.560 bits per heavy atom. The maximum absolute atomic E-state index is 15.8. The van der Waals surface area contributed by atoms with Gasteiger partial charge in [-0.25, -0.2) is 0 Å². The SMILES string of the molecule is CCCC[C@H]1C(=O)N(C)[C@@H](CCCC)C(=O)N[C@@H](CCC(=O)O)C(=O)N[C@H](C(=O)NCC(N)=O)CSCC(=O)N[C@@H](Cc2ccc(O)cc2)C(=O)N(C)[C@@H](C)C(=O)N[C@H](CC(N)=O)C(=O)N2CCC[C@H]2C(=O)N[C@@H](CN)C(=O)N[C@@H](CC(C)C)C(=O)N2C[C@H](O)C[C@H]2C(=O)N[C@@H](Cc2c[nH]c3ccccc23)C(=O)N[C@@H](CO)C(=O)N[C@@H](Cc2cn(CC(=O)O)c3ccccc23)C(=O)N1C. The molecule has 44 nitrogen and oxygen atoms in total. The topological polar surface area (TPSA) is 661 Å². The highest BCUT2D eigenvalue weighted by Crippen LogP contribution is 2.29. The number of phenolic OH excluding ortho intramolecular Hbond substituents is 1. The van der Waals surface area contributed by atoms with Crippen LogP contribution in [0, 0.1) is 5.92 Å². The number of primary amides is 2. The van der Waals surface area contributed by atoms with Gasteiger partial charge < -0.3 is 130 Å². The van der Waals surface area contributed by atoms with Gasteiger partial charge in [0, 0.05) is 113 Å². The van der Waals surface area contributed by atoms with Gasteiger partial charge in [0.2, 0.25) is 100 Å². The molecule has 2 aromatic heterocycles. The first-order chi connectivity index (χ1) is 63.6. The van der Waals surface area contributed by atoms with Crippen molar-refractivity contribution in [3.05, 3.63) is 102 Å². The van der Waals surface area contributed by atoms with Crippen LogP contribution in [-0.4, -0.2) is 328 Å². The van der Waals surface area contributed by atoms with E-state index in [-0.39, 0.29) is 81.6 Å². The fourth-order valence-electron chi connectivity index (χ4n) is 16.4. The summed E-state index contributed by atoms with van der Waals surface area (Å²) in [7, 11) is 3.68. The van der Waals surface area contributed by atoms with E-state index in [0.717, 1.165) is 24.5 Å². The van der Waals surface area contributed by atoms with Gasteiger partial charge in [0.05, 0.1) is 31.4 Å². The number of unbranched alkanes of at least 4 members (excludes halogenated alkanes) is 2. The Hall–Kier alpha value is -13.3. The van der Waals surface area contributed by atoms with Gasteiger partial charge in [-0.05, 0) is 92.3 Å². The molecule has 0 aliphatic carbocycles. The van der Waals surface area contributed by atoms with Gasteiger partial charge in [0.25, 0.3) is 0 Å². The number of thioether (sulfide) groups is 1. The van der Waals surface area contributed by atoms with Crippen LogP contribution >= 0.6 is 11.8 Å². The molecule has 3 aromatic carbocycles. The van der Waals surface area contributed by atoms with E-state index in [9.17, 15) is 83.1 Å². The van der Waals surface area contributed by atoms with Crippen LogP contribution in [0.15, 0.2) is 85.2 Å². The Balaban J connectivity index is 1.20. The minimum absolute atomic E-state index is 0.0390. The Morgan fingerprint density at radius 3 is 1.76 bits per heavy atom. The average Bonchev–Trinajstić information content (AvgIpc) is 1.67. The number of hydrogen-bond acceptors (Lipinski definition) is 24. The van der Waals surface area contributed by atoms with Crippen molar-refractivity contribution in [2.75, 3.05) is 65.4 Å². The fourth-order valence-corrected chi connectivity index (χ4v) is 17.3.